The number of ketones is 1. The number of carbonyl (C=O) groups is 3. The SMILES string of the molecule is CSc1ccc(C(=O)C2CCN(C(=O)Oc3ccc(Br)cc3)C2)cc1.Cc1cccc(C)c1OC(C)(C)C(=O)O. The Morgan fingerprint density at radius 2 is 1.57 bits per heavy atom. The third-order valence-corrected chi connectivity index (χ3v) is 7.76. The fourth-order valence-corrected chi connectivity index (χ4v) is 4.73. The fraction of sp³-hybridized carbons (Fsp3) is 0.323. The van der Waals surface area contributed by atoms with Gasteiger partial charge in [-0.25, -0.2) is 9.59 Å². The molecule has 4 rings (SSSR count). The molecule has 0 radical (unpaired) electrons. The molecule has 0 bridgehead atoms. The van der Waals surface area contributed by atoms with Crippen LogP contribution in [0.25, 0.3) is 0 Å². The third-order valence-electron chi connectivity index (χ3n) is 6.49. The van der Waals surface area contributed by atoms with Crippen LogP contribution < -0.4 is 9.47 Å². The molecule has 1 aliphatic heterocycles. The molecule has 1 unspecified atom stereocenters. The molecule has 0 saturated carbocycles. The summed E-state index contributed by atoms with van der Waals surface area (Å²) >= 11 is 4.99. The van der Waals surface area contributed by atoms with Crippen molar-refractivity contribution in [3.63, 3.8) is 0 Å². The molecule has 1 heterocycles. The normalized spacial score (nSPS) is 14.7. The molecule has 9 heteroatoms. The van der Waals surface area contributed by atoms with Gasteiger partial charge < -0.3 is 19.5 Å². The lowest BCUT2D eigenvalue weighted by Gasteiger charge is -2.23. The maximum absolute atomic E-state index is 12.6. The molecule has 3 aromatic carbocycles. The van der Waals surface area contributed by atoms with Gasteiger partial charge in [-0.15, -0.1) is 11.8 Å². The van der Waals surface area contributed by atoms with Crippen molar-refractivity contribution in [2.75, 3.05) is 19.3 Å². The smallest absolute Gasteiger partial charge is 0.415 e. The van der Waals surface area contributed by atoms with Crippen LogP contribution in [0.5, 0.6) is 11.5 Å². The Bertz CT molecular complexity index is 1320. The third kappa shape index (κ3) is 8.35. The van der Waals surface area contributed by atoms with Crippen LogP contribution in [0.4, 0.5) is 4.79 Å². The van der Waals surface area contributed by atoms with Crippen molar-refractivity contribution < 1.29 is 29.0 Å². The van der Waals surface area contributed by atoms with E-state index in [0.717, 1.165) is 20.5 Å². The second-order valence-corrected chi connectivity index (χ2v) is 11.8. The van der Waals surface area contributed by atoms with Crippen LogP contribution in [0.15, 0.2) is 76.1 Å². The van der Waals surface area contributed by atoms with E-state index in [1.807, 2.05) is 74.7 Å². The number of carbonyl (C=O) groups excluding carboxylic acids is 2. The van der Waals surface area contributed by atoms with Gasteiger partial charge in [0.05, 0.1) is 0 Å². The molecule has 1 aliphatic rings. The van der Waals surface area contributed by atoms with Gasteiger partial charge in [-0.1, -0.05) is 46.3 Å². The summed E-state index contributed by atoms with van der Waals surface area (Å²) in [6, 6.07) is 20.4. The van der Waals surface area contributed by atoms with Crippen molar-refractivity contribution in [1.82, 2.24) is 4.90 Å². The number of Topliss-reactive ketones (excluding diaryl/α,β-unsaturated/α-hetero) is 1. The molecule has 7 nitrogen and oxygen atoms in total. The van der Waals surface area contributed by atoms with Crippen molar-refractivity contribution in [3.8, 4) is 11.5 Å². The van der Waals surface area contributed by atoms with Gasteiger partial charge >= 0.3 is 12.1 Å². The van der Waals surface area contributed by atoms with Crippen LogP contribution in [0, 0.1) is 19.8 Å². The standard InChI is InChI=1S/C19H18BrNO3S.C12H16O3/c1-25-17-8-2-13(3-9-17)18(22)14-10-11-21(12-14)19(23)24-16-6-4-15(20)5-7-16;1-8-6-5-7-9(2)10(8)15-12(3,4)11(13)14/h2-9,14H,10-12H2,1H3;5-7H,1-4H3,(H,13,14). The van der Waals surface area contributed by atoms with Crippen molar-refractivity contribution in [2.24, 2.45) is 5.92 Å². The zero-order chi connectivity index (χ0) is 29.4. The van der Waals surface area contributed by atoms with Crippen molar-refractivity contribution >= 4 is 45.5 Å². The number of amides is 1. The number of ether oxygens (including phenoxy) is 2. The number of hydrogen-bond acceptors (Lipinski definition) is 6. The minimum absolute atomic E-state index is 0.0894. The van der Waals surface area contributed by atoms with Crippen LogP contribution in [-0.2, 0) is 4.79 Å². The number of halogens is 1. The second-order valence-electron chi connectivity index (χ2n) is 9.98. The average Bonchev–Trinajstić information content (AvgIpc) is 3.43. The highest BCUT2D eigenvalue weighted by molar-refractivity contribution is 9.10. The molecular weight excluding hydrogens is 594 g/mol. The predicted octanol–water partition coefficient (Wildman–Crippen LogP) is 7.42. The monoisotopic (exact) mass is 627 g/mol. The first-order valence-electron chi connectivity index (χ1n) is 12.8. The van der Waals surface area contributed by atoms with Crippen LogP contribution >= 0.6 is 27.7 Å². The summed E-state index contributed by atoms with van der Waals surface area (Å²) in [4.78, 5) is 38.5. The van der Waals surface area contributed by atoms with Gasteiger partial charge in [0.2, 0.25) is 0 Å². The Morgan fingerprint density at radius 3 is 2.12 bits per heavy atom. The summed E-state index contributed by atoms with van der Waals surface area (Å²) in [5.41, 5.74) is 1.40. The van der Waals surface area contributed by atoms with E-state index in [2.05, 4.69) is 15.9 Å². The number of hydrogen-bond donors (Lipinski definition) is 1. The number of benzene rings is 3. The summed E-state index contributed by atoms with van der Waals surface area (Å²) < 4.78 is 11.8. The number of aliphatic carboxylic acids is 1. The second kappa shape index (κ2) is 13.9. The number of thioether (sulfide) groups is 1. The van der Waals surface area contributed by atoms with Gasteiger partial charge in [0.25, 0.3) is 0 Å². The number of nitrogens with zero attached hydrogens (tertiary/aromatic N) is 1. The van der Waals surface area contributed by atoms with Crippen molar-refractivity contribution in [1.29, 1.82) is 0 Å². The van der Waals surface area contributed by atoms with E-state index in [9.17, 15) is 14.4 Å². The molecule has 40 heavy (non-hydrogen) atoms. The van der Waals surface area contributed by atoms with E-state index in [4.69, 9.17) is 14.6 Å². The number of carboxylic acid groups (broad SMARTS) is 1. The molecule has 1 atom stereocenters. The summed E-state index contributed by atoms with van der Waals surface area (Å²) in [6.07, 6.45) is 2.26. The molecule has 1 amide bonds. The summed E-state index contributed by atoms with van der Waals surface area (Å²) in [5.74, 6) is 0.106. The van der Waals surface area contributed by atoms with Gasteiger partial charge in [0.1, 0.15) is 11.5 Å². The zero-order valence-electron chi connectivity index (χ0n) is 23.3. The first-order valence-corrected chi connectivity index (χ1v) is 14.8. The lowest BCUT2D eigenvalue weighted by atomic mass is 9.97. The van der Waals surface area contributed by atoms with Crippen LogP contribution in [0.3, 0.4) is 0 Å². The Hall–Kier alpha value is -3.30. The lowest BCUT2D eigenvalue weighted by Crippen LogP contribution is -2.38. The molecule has 0 aliphatic carbocycles. The van der Waals surface area contributed by atoms with Crippen molar-refractivity contribution in [2.45, 2.75) is 44.6 Å². The molecule has 0 aromatic heterocycles. The first-order chi connectivity index (χ1) is 18.9. The summed E-state index contributed by atoms with van der Waals surface area (Å²) in [7, 11) is 0. The number of aryl methyl sites for hydroxylation is 2. The van der Waals surface area contributed by atoms with Gasteiger partial charge in [0, 0.05) is 33.9 Å². The number of carboxylic acids is 1. The van der Waals surface area contributed by atoms with Gasteiger partial charge in [-0.2, -0.15) is 0 Å². The number of para-hydroxylation sites is 1. The van der Waals surface area contributed by atoms with Gasteiger partial charge in [0.15, 0.2) is 11.4 Å². The molecule has 212 valence electrons. The van der Waals surface area contributed by atoms with Crippen LogP contribution in [0.1, 0.15) is 41.8 Å². The fourth-order valence-electron chi connectivity index (χ4n) is 4.06. The predicted molar refractivity (Wildman–Crippen MR) is 161 cm³/mol. The number of likely N-dealkylation sites (tertiary alicyclic amines) is 1. The molecule has 0 spiro atoms. The minimum atomic E-state index is -1.20. The van der Waals surface area contributed by atoms with E-state index in [0.29, 0.717) is 36.6 Å². The van der Waals surface area contributed by atoms with E-state index in [1.54, 1.807) is 42.6 Å². The lowest BCUT2D eigenvalue weighted by molar-refractivity contribution is -0.152. The summed E-state index contributed by atoms with van der Waals surface area (Å²) in [6.45, 7) is 7.83. The molecule has 1 N–H and O–H groups in total. The van der Waals surface area contributed by atoms with E-state index in [-0.39, 0.29) is 11.7 Å². The quantitative estimate of drug-likeness (QED) is 0.215. The van der Waals surface area contributed by atoms with Crippen LogP contribution in [0.2, 0.25) is 0 Å². The Morgan fingerprint density at radius 1 is 0.975 bits per heavy atom. The maximum Gasteiger partial charge on any atom is 0.415 e. The highest BCUT2D eigenvalue weighted by Gasteiger charge is 2.33. The maximum atomic E-state index is 12.6. The highest BCUT2D eigenvalue weighted by atomic mass is 79.9. The molecule has 1 fully saturated rings. The van der Waals surface area contributed by atoms with E-state index < -0.39 is 17.7 Å². The largest absolute Gasteiger partial charge is 0.478 e. The Kier molecular flexibility index (Phi) is 10.8. The molecule has 1 saturated heterocycles. The van der Waals surface area contributed by atoms with E-state index in [1.165, 1.54) is 0 Å². The van der Waals surface area contributed by atoms with E-state index >= 15 is 0 Å². The first kappa shape index (κ1) is 31.2. The molecular formula is C31H34BrNO6S. The molecule has 3 aromatic rings. The van der Waals surface area contributed by atoms with Gasteiger partial charge in [-0.05, 0) is 87.9 Å². The summed E-state index contributed by atoms with van der Waals surface area (Å²) in [5, 5.41) is 8.96. The Balaban J connectivity index is 0.000000252. The zero-order valence-corrected chi connectivity index (χ0v) is 25.7. The van der Waals surface area contributed by atoms with Crippen molar-refractivity contribution in [3.05, 3.63) is 87.9 Å². The topological polar surface area (TPSA) is 93.1 Å². The average molecular weight is 629 g/mol. The Labute approximate surface area is 248 Å². The number of rotatable bonds is 7. The highest BCUT2D eigenvalue weighted by Crippen LogP contribution is 2.27. The minimum Gasteiger partial charge on any atom is -0.478 e. The van der Waals surface area contributed by atoms with Gasteiger partial charge in [-0.3, -0.25) is 4.79 Å². The van der Waals surface area contributed by atoms with Crippen LogP contribution in [-0.4, -0.2) is 52.8 Å².